The van der Waals surface area contributed by atoms with Gasteiger partial charge < -0.3 is 0 Å². The Morgan fingerprint density at radius 3 is 3.00 bits per heavy atom. The molecule has 0 radical (unpaired) electrons. The summed E-state index contributed by atoms with van der Waals surface area (Å²) in [5, 5.41) is 14.8. The van der Waals surface area contributed by atoms with Gasteiger partial charge in [0.2, 0.25) is 0 Å². The lowest BCUT2D eigenvalue weighted by Gasteiger charge is -1.96. The number of rotatable bonds is 1. The minimum absolute atomic E-state index is 0.521. The maximum atomic E-state index is 8.29. The molecule has 1 heterocycles. The van der Waals surface area contributed by atoms with Gasteiger partial charge in [0.1, 0.15) is 6.07 Å². The van der Waals surface area contributed by atoms with Crippen LogP contribution in [0.15, 0.2) is 12.4 Å². The molecular weight excluding hydrogens is 136 g/mol. The van der Waals surface area contributed by atoms with Gasteiger partial charge in [-0.05, 0) is 0 Å². The van der Waals surface area contributed by atoms with Crippen LogP contribution in [0.3, 0.4) is 0 Å². The zero-order chi connectivity index (χ0) is 6.69. The van der Waals surface area contributed by atoms with E-state index in [0.29, 0.717) is 0 Å². The number of hydrogen-bond acceptors (Lipinski definition) is 4. The molecular formula is C4H4N4S. The maximum Gasteiger partial charge on any atom is 0.182 e. The Hall–Kier alpha value is -1.02. The third-order valence-corrected chi connectivity index (χ3v) is 1.16. The van der Waals surface area contributed by atoms with Crippen LogP contribution in [0, 0.1) is 11.3 Å². The Morgan fingerprint density at radius 1 is 1.78 bits per heavy atom. The molecule has 0 aromatic carbocycles. The largest absolute Gasteiger partial charge is 0.225 e. The van der Waals surface area contributed by atoms with Crippen LogP contribution in [0.5, 0.6) is 0 Å². The van der Waals surface area contributed by atoms with Crippen LogP contribution in [-0.4, -0.2) is 15.0 Å². The van der Waals surface area contributed by atoms with E-state index in [1.165, 1.54) is 10.9 Å². The molecule has 46 valence electrons. The van der Waals surface area contributed by atoms with Crippen LogP contribution < -0.4 is 0 Å². The van der Waals surface area contributed by atoms with Crippen molar-refractivity contribution in [1.29, 1.82) is 5.26 Å². The average molecular weight is 140 g/mol. The molecule has 0 saturated heterocycles. The van der Waals surface area contributed by atoms with Crippen molar-refractivity contribution >= 4 is 12.6 Å². The number of thiol groups is 1. The van der Waals surface area contributed by atoms with Gasteiger partial charge in [-0.1, -0.05) is 5.21 Å². The molecule has 0 aliphatic rings. The first-order valence-electron chi connectivity index (χ1n) is 2.28. The van der Waals surface area contributed by atoms with Crippen LogP contribution in [0.25, 0.3) is 0 Å². The molecule has 0 bridgehead atoms. The molecule has 9 heavy (non-hydrogen) atoms. The second-order valence-electron chi connectivity index (χ2n) is 1.39. The number of nitriles is 1. The molecule has 1 aromatic heterocycles. The summed E-state index contributed by atoms with van der Waals surface area (Å²) in [7, 11) is 0. The Kier molecular flexibility index (Phi) is 1.70. The molecule has 1 rings (SSSR count). The Morgan fingerprint density at radius 2 is 2.56 bits per heavy atom. The van der Waals surface area contributed by atoms with Crippen molar-refractivity contribution in [3.63, 3.8) is 0 Å². The summed E-state index contributed by atoms with van der Waals surface area (Å²) in [6.07, 6.45) is 3.08. The third-order valence-electron chi connectivity index (χ3n) is 0.807. The summed E-state index contributed by atoms with van der Waals surface area (Å²) in [6.45, 7) is 0. The normalized spacial score (nSPS) is 12.4. The molecule has 0 aliphatic carbocycles. The highest BCUT2D eigenvalue weighted by Gasteiger charge is 2.00. The van der Waals surface area contributed by atoms with Gasteiger partial charge in [0.05, 0.1) is 6.20 Å². The van der Waals surface area contributed by atoms with Gasteiger partial charge >= 0.3 is 0 Å². The summed E-state index contributed by atoms with van der Waals surface area (Å²) in [4.78, 5) is 0. The maximum absolute atomic E-state index is 8.29. The fraction of sp³-hybridized carbons (Fsp3) is 0.250. The quantitative estimate of drug-likeness (QED) is 0.568. The summed E-state index contributed by atoms with van der Waals surface area (Å²) in [5.41, 5.74) is 0. The van der Waals surface area contributed by atoms with E-state index in [0.717, 1.165) is 0 Å². The standard InChI is InChI=1S/C4H4N4S/c5-3-4(9)8-2-1-6-7-8/h1-2,4,9H. The zero-order valence-electron chi connectivity index (χ0n) is 4.47. The first-order valence-corrected chi connectivity index (χ1v) is 2.79. The molecule has 0 fully saturated rings. The number of hydrogen-bond donors (Lipinski definition) is 1. The molecule has 4 nitrogen and oxygen atoms in total. The molecule has 0 amide bonds. The molecule has 0 spiro atoms. The predicted octanol–water partition coefficient (Wildman–Crippen LogP) is 0.230. The molecule has 0 aliphatic heterocycles. The van der Waals surface area contributed by atoms with Crippen molar-refractivity contribution in [3.05, 3.63) is 12.4 Å². The fourth-order valence-corrected chi connectivity index (χ4v) is 0.530. The molecule has 0 saturated carbocycles. The van der Waals surface area contributed by atoms with Crippen LogP contribution in [0.4, 0.5) is 0 Å². The molecule has 1 unspecified atom stereocenters. The SMILES string of the molecule is N#CC(S)n1ccnn1. The zero-order valence-corrected chi connectivity index (χ0v) is 5.36. The Bertz CT molecular complexity index is 211. The highest BCUT2D eigenvalue weighted by molar-refractivity contribution is 7.80. The summed E-state index contributed by atoms with van der Waals surface area (Å²) < 4.78 is 1.36. The highest BCUT2D eigenvalue weighted by atomic mass is 32.1. The van der Waals surface area contributed by atoms with Crippen LogP contribution >= 0.6 is 12.6 Å². The van der Waals surface area contributed by atoms with Gasteiger partial charge in [-0.3, -0.25) is 0 Å². The lowest BCUT2D eigenvalue weighted by molar-refractivity contribution is 0.658. The van der Waals surface area contributed by atoms with Gasteiger partial charge in [0.25, 0.3) is 0 Å². The van der Waals surface area contributed by atoms with Crippen molar-refractivity contribution in [2.24, 2.45) is 0 Å². The molecule has 1 atom stereocenters. The van der Waals surface area contributed by atoms with Gasteiger partial charge in [-0.15, -0.1) is 17.7 Å². The minimum Gasteiger partial charge on any atom is -0.225 e. The lowest BCUT2D eigenvalue weighted by Crippen LogP contribution is -2.00. The highest BCUT2D eigenvalue weighted by Crippen LogP contribution is 2.04. The molecule has 5 heteroatoms. The monoisotopic (exact) mass is 140 g/mol. The van der Waals surface area contributed by atoms with Gasteiger partial charge in [-0.2, -0.15) is 5.26 Å². The van der Waals surface area contributed by atoms with Crippen LogP contribution in [-0.2, 0) is 0 Å². The topological polar surface area (TPSA) is 54.5 Å². The van der Waals surface area contributed by atoms with E-state index < -0.39 is 5.37 Å². The number of nitrogens with zero attached hydrogens (tertiary/aromatic N) is 4. The molecule has 1 aromatic rings. The smallest absolute Gasteiger partial charge is 0.182 e. The van der Waals surface area contributed by atoms with Gasteiger partial charge in [-0.25, -0.2) is 4.68 Å². The first kappa shape index (κ1) is 6.11. The van der Waals surface area contributed by atoms with Crippen molar-refractivity contribution in [1.82, 2.24) is 15.0 Å². The van der Waals surface area contributed by atoms with Gasteiger partial charge in [0, 0.05) is 6.20 Å². The van der Waals surface area contributed by atoms with E-state index in [-0.39, 0.29) is 0 Å². The summed E-state index contributed by atoms with van der Waals surface area (Å²) >= 11 is 3.88. The Labute approximate surface area is 57.5 Å². The van der Waals surface area contributed by atoms with E-state index in [1.54, 1.807) is 6.20 Å². The minimum atomic E-state index is -0.521. The van der Waals surface area contributed by atoms with Crippen LogP contribution in [0.2, 0.25) is 0 Å². The lowest BCUT2D eigenvalue weighted by atomic mass is 10.7. The third kappa shape index (κ3) is 1.21. The van der Waals surface area contributed by atoms with Crippen molar-refractivity contribution in [3.8, 4) is 6.07 Å². The van der Waals surface area contributed by atoms with E-state index in [4.69, 9.17) is 5.26 Å². The Balaban J connectivity index is 2.80. The fourth-order valence-electron chi connectivity index (χ4n) is 0.407. The molecule has 0 N–H and O–H groups in total. The van der Waals surface area contributed by atoms with Crippen molar-refractivity contribution in [2.45, 2.75) is 5.37 Å². The van der Waals surface area contributed by atoms with E-state index in [9.17, 15) is 0 Å². The summed E-state index contributed by atoms with van der Waals surface area (Å²) in [6, 6.07) is 1.89. The van der Waals surface area contributed by atoms with E-state index in [1.807, 2.05) is 6.07 Å². The van der Waals surface area contributed by atoms with E-state index in [2.05, 4.69) is 22.9 Å². The summed E-state index contributed by atoms with van der Waals surface area (Å²) in [5.74, 6) is 0. The van der Waals surface area contributed by atoms with E-state index >= 15 is 0 Å². The second-order valence-corrected chi connectivity index (χ2v) is 1.87. The second kappa shape index (κ2) is 2.51. The average Bonchev–Trinajstić information content (AvgIpc) is 2.37. The van der Waals surface area contributed by atoms with Crippen molar-refractivity contribution in [2.75, 3.05) is 0 Å². The van der Waals surface area contributed by atoms with Crippen LogP contribution in [0.1, 0.15) is 5.37 Å². The van der Waals surface area contributed by atoms with Crippen molar-refractivity contribution < 1.29 is 0 Å². The first-order chi connectivity index (χ1) is 4.34. The number of aromatic nitrogens is 3. The van der Waals surface area contributed by atoms with Gasteiger partial charge in [0.15, 0.2) is 5.37 Å². The predicted molar refractivity (Wildman–Crippen MR) is 33.7 cm³/mol.